The number of carbonyl (C=O) groups excluding carboxylic acids is 1. The summed E-state index contributed by atoms with van der Waals surface area (Å²) in [5.74, 6) is 0.463. The Balaban J connectivity index is 2.10. The van der Waals surface area contributed by atoms with Crippen LogP contribution in [0.25, 0.3) is 6.08 Å². The Bertz CT molecular complexity index is 388. The van der Waals surface area contributed by atoms with Crippen LogP contribution >= 0.6 is 0 Å². The number of rotatable bonds is 8. The molecule has 0 atom stereocenters. The number of carbonyl (C=O) groups is 1. The second-order valence-corrected chi connectivity index (χ2v) is 4.73. The van der Waals surface area contributed by atoms with Gasteiger partial charge in [-0.2, -0.15) is 0 Å². The smallest absolute Gasteiger partial charge is 0.244 e. The molecule has 0 unspecified atom stereocenters. The van der Waals surface area contributed by atoms with E-state index in [1.165, 1.54) is 6.08 Å². The molecule has 1 amide bonds. The molecule has 1 aromatic heterocycles. The number of hydrogen-bond acceptors (Lipinski definition) is 3. The lowest BCUT2D eigenvalue weighted by atomic mass is 10.2. The van der Waals surface area contributed by atoms with E-state index < -0.39 is 0 Å². The van der Waals surface area contributed by atoms with Crippen LogP contribution in [0.5, 0.6) is 0 Å². The van der Waals surface area contributed by atoms with Gasteiger partial charge in [-0.15, -0.1) is 0 Å². The van der Waals surface area contributed by atoms with Gasteiger partial charge >= 0.3 is 0 Å². The Morgan fingerprint density at radius 3 is 3.05 bits per heavy atom. The van der Waals surface area contributed by atoms with E-state index in [1.807, 2.05) is 12.1 Å². The largest absolute Gasteiger partial charge is 0.381 e. The summed E-state index contributed by atoms with van der Waals surface area (Å²) >= 11 is 0. The van der Waals surface area contributed by atoms with Crippen molar-refractivity contribution in [3.63, 3.8) is 0 Å². The zero-order chi connectivity index (χ0) is 13.9. The Morgan fingerprint density at radius 2 is 2.37 bits per heavy atom. The van der Waals surface area contributed by atoms with E-state index in [0.29, 0.717) is 19.1 Å². The lowest BCUT2D eigenvalue weighted by Gasteiger charge is -2.06. The van der Waals surface area contributed by atoms with Gasteiger partial charge in [-0.25, -0.2) is 0 Å². The second kappa shape index (κ2) is 9.28. The average Bonchev–Trinajstić information content (AvgIpc) is 2.41. The molecule has 4 nitrogen and oxygen atoms in total. The predicted octanol–water partition coefficient (Wildman–Crippen LogP) is 2.27. The van der Waals surface area contributed by atoms with Gasteiger partial charge in [0.15, 0.2) is 0 Å². The van der Waals surface area contributed by atoms with Gasteiger partial charge in [-0.05, 0) is 30.0 Å². The van der Waals surface area contributed by atoms with E-state index in [1.54, 1.807) is 18.5 Å². The maximum absolute atomic E-state index is 11.5. The zero-order valence-electron chi connectivity index (χ0n) is 11.6. The average molecular weight is 262 g/mol. The van der Waals surface area contributed by atoms with Crippen LogP contribution in [-0.4, -0.2) is 30.6 Å². The van der Waals surface area contributed by atoms with Crippen molar-refractivity contribution in [2.24, 2.45) is 5.92 Å². The van der Waals surface area contributed by atoms with Gasteiger partial charge in [-0.3, -0.25) is 9.78 Å². The maximum Gasteiger partial charge on any atom is 0.244 e. The van der Waals surface area contributed by atoms with Crippen molar-refractivity contribution in [3.8, 4) is 0 Å². The van der Waals surface area contributed by atoms with E-state index in [2.05, 4.69) is 24.1 Å². The van der Waals surface area contributed by atoms with E-state index in [9.17, 15) is 4.79 Å². The van der Waals surface area contributed by atoms with Gasteiger partial charge in [0.1, 0.15) is 0 Å². The van der Waals surface area contributed by atoms with Gasteiger partial charge in [-0.1, -0.05) is 19.9 Å². The van der Waals surface area contributed by atoms with Crippen molar-refractivity contribution in [3.05, 3.63) is 36.2 Å². The van der Waals surface area contributed by atoms with Crippen LogP contribution in [0.2, 0.25) is 0 Å². The third kappa shape index (κ3) is 8.11. The molecular weight excluding hydrogens is 240 g/mol. The van der Waals surface area contributed by atoms with Crippen LogP contribution in [0, 0.1) is 5.92 Å². The first kappa shape index (κ1) is 15.4. The maximum atomic E-state index is 11.5. The van der Waals surface area contributed by atoms with E-state index in [0.717, 1.165) is 18.6 Å². The monoisotopic (exact) mass is 262 g/mol. The molecule has 0 aliphatic heterocycles. The van der Waals surface area contributed by atoms with Gasteiger partial charge in [0, 0.05) is 38.2 Å². The molecule has 1 N–H and O–H groups in total. The van der Waals surface area contributed by atoms with Gasteiger partial charge in [0.2, 0.25) is 5.91 Å². The molecule has 0 spiro atoms. The first-order valence-electron chi connectivity index (χ1n) is 6.62. The number of ether oxygens (including phenoxy) is 1. The summed E-state index contributed by atoms with van der Waals surface area (Å²) in [6, 6.07) is 3.74. The van der Waals surface area contributed by atoms with E-state index in [4.69, 9.17) is 4.74 Å². The molecule has 0 saturated heterocycles. The van der Waals surface area contributed by atoms with Crippen LogP contribution in [0.4, 0.5) is 0 Å². The molecule has 0 saturated carbocycles. The summed E-state index contributed by atoms with van der Waals surface area (Å²) in [6.07, 6.45) is 7.51. The molecule has 1 aromatic rings. The molecule has 0 aliphatic carbocycles. The van der Waals surface area contributed by atoms with Crippen molar-refractivity contribution in [1.82, 2.24) is 10.3 Å². The third-order valence-electron chi connectivity index (χ3n) is 2.33. The Kier molecular flexibility index (Phi) is 7.51. The quantitative estimate of drug-likeness (QED) is 0.577. The number of nitrogens with one attached hydrogen (secondary N) is 1. The normalized spacial score (nSPS) is 11.1. The number of amides is 1. The molecule has 0 aromatic carbocycles. The van der Waals surface area contributed by atoms with Crippen LogP contribution in [-0.2, 0) is 9.53 Å². The summed E-state index contributed by atoms with van der Waals surface area (Å²) < 4.78 is 5.43. The Labute approximate surface area is 114 Å². The highest BCUT2D eigenvalue weighted by Crippen LogP contribution is 1.98. The highest BCUT2D eigenvalue weighted by Gasteiger charge is 1.96. The van der Waals surface area contributed by atoms with E-state index in [-0.39, 0.29) is 5.91 Å². The van der Waals surface area contributed by atoms with Crippen LogP contribution < -0.4 is 5.32 Å². The standard InChI is InChI=1S/C15H22N2O2/c1-13(2)12-19-10-4-9-17-15(18)7-6-14-5-3-8-16-11-14/h3,5-8,11,13H,4,9-10,12H2,1-2H3,(H,17,18)/b7-6+. The summed E-state index contributed by atoms with van der Waals surface area (Å²) in [4.78, 5) is 15.5. The number of hydrogen-bond donors (Lipinski definition) is 1. The second-order valence-electron chi connectivity index (χ2n) is 4.73. The molecule has 1 rings (SSSR count). The Hall–Kier alpha value is -1.68. The van der Waals surface area contributed by atoms with Crippen molar-refractivity contribution in [2.75, 3.05) is 19.8 Å². The van der Waals surface area contributed by atoms with Crippen molar-refractivity contribution >= 4 is 12.0 Å². The van der Waals surface area contributed by atoms with Crippen LogP contribution in [0.15, 0.2) is 30.6 Å². The fraction of sp³-hybridized carbons (Fsp3) is 0.467. The fourth-order valence-corrected chi connectivity index (χ4v) is 1.41. The fourth-order valence-electron chi connectivity index (χ4n) is 1.41. The molecule has 0 bridgehead atoms. The number of pyridine rings is 1. The van der Waals surface area contributed by atoms with Crippen LogP contribution in [0.3, 0.4) is 0 Å². The molecule has 1 heterocycles. The molecular formula is C15H22N2O2. The van der Waals surface area contributed by atoms with Crippen LogP contribution in [0.1, 0.15) is 25.8 Å². The molecule has 104 valence electrons. The first-order valence-corrected chi connectivity index (χ1v) is 6.62. The highest BCUT2D eigenvalue weighted by atomic mass is 16.5. The summed E-state index contributed by atoms with van der Waals surface area (Å²) in [7, 11) is 0. The highest BCUT2D eigenvalue weighted by molar-refractivity contribution is 5.91. The summed E-state index contributed by atoms with van der Waals surface area (Å²) in [5, 5.41) is 2.81. The minimum Gasteiger partial charge on any atom is -0.381 e. The third-order valence-corrected chi connectivity index (χ3v) is 2.33. The molecule has 19 heavy (non-hydrogen) atoms. The molecule has 0 fully saturated rings. The van der Waals surface area contributed by atoms with Crippen molar-refractivity contribution in [1.29, 1.82) is 0 Å². The van der Waals surface area contributed by atoms with Crippen molar-refractivity contribution < 1.29 is 9.53 Å². The van der Waals surface area contributed by atoms with E-state index >= 15 is 0 Å². The summed E-state index contributed by atoms with van der Waals surface area (Å²) in [5.41, 5.74) is 0.915. The van der Waals surface area contributed by atoms with Crippen molar-refractivity contribution in [2.45, 2.75) is 20.3 Å². The first-order chi connectivity index (χ1) is 9.18. The summed E-state index contributed by atoms with van der Waals surface area (Å²) in [6.45, 7) is 6.32. The van der Waals surface area contributed by atoms with Gasteiger partial charge in [0.05, 0.1) is 0 Å². The minimum absolute atomic E-state index is 0.0901. The predicted molar refractivity (Wildman–Crippen MR) is 76.6 cm³/mol. The van der Waals surface area contributed by atoms with Gasteiger partial charge in [0.25, 0.3) is 0 Å². The molecule has 0 aliphatic rings. The molecule has 0 radical (unpaired) electrons. The lowest BCUT2D eigenvalue weighted by Crippen LogP contribution is -2.23. The Morgan fingerprint density at radius 1 is 1.53 bits per heavy atom. The topological polar surface area (TPSA) is 51.2 Å². The minimum atomic E-state index is -0.0901. The number of aromatic nitrogens is 1. The number of nitrogens with zero attached hydrogens (tertiary/aromatic N) is 1. The lowest BCUT2D eigenvalue weighted by molar-refractivity contribution is -0.116. The van der Waals surface area contributed by atoms with Gasteiger partial charge < -0.3 is 10.1 Å². The zero-order valence-corrected chi connectivity index (χ0v) is 11.6. The molecule has 4 heteroatoms. The SMILES string of the molecule is CC(C)COCCCNC(=O)/C=C/c1cccnc1.